The first-order valence-electron chi connectivity index (χ1n) is 5.22. The molecule has 4 heteroatoms. The molecule has 0 aliphatic rings. The van der Waals surface area contributed by atoms with E-state index in [1.54, 1.807) is 0 Å². The number of benzene rings is 1. The Balaban J connectivity index is 2.64. The van der Waals surface area contributed by atoms with Gasteiger partial charge in [0.15, 0.2) is 8.32 Å². The van der Waals surface area contributed by atoms with Crippen LogP contribution in [0.25, 0.3) is 0 Å². The Morgan fingerprint density at radius 2 is 1.88 bits per heavy atom. The highest BCUT2D eigenvalue weighted by molar-refractivity contribution is 6.69. The van der Waals surface area contributed by atoms with Gasteiger partial charge < -0.3 is 4.43 Å². The number of nitrogens with zero attached hydrogens (tertiary/aromatic N) is 1. The average Bonchev–Trinajstić information content (AvgIpc) is 2.18. The summed E-state index contributed by atoms with van der Waals surface area (Å²) >= 11 is 5.80. The van der Waals surface area contributed by atoms with Crippen LogP contribution < -0.4 is 0 Å². The quantitative estimate of drug-likeness (QED) is 0.768. The molecule has 0 fully saturated rings. The van der Waals surface area contributed by atoms with Crippen molar-refractivity contribution in [1.29, 1.82) is 5.26 Å². The van der Waals surface area contributed by atoms with Gasteiger partial charge in [0.05, 0.1) is 6.07 Å². The fourth-order valence-corrected chi connectivity index (χ4v) is 2.49. The summed E-state index contributed by atoms with van der Waals surface area (Å²) in [6.07, 6.45) is 0.269. The fraction of sp³-hybridized carbons (Fsp3) is 0.417. The topological polar surface area (TPSA) is 33.0 Å². The van der Waals surface area contributed by atoms with Gasteiger partial charge in [-0.2, -0.15) is 5.26 Å². The molecule has 0 aliphatic heterocycles. The van der Waals surface area contributed by atoms with Gasteiger partial charge in [0, 0.05) is 11.4 Å². The van der Waals surface area contributed by atoms with E-state index < -0.39 is 8.32 Å². The van der Waals surface area contributed by atoms with Crippen molar-refractivity contribution in [2.24, 2.45) is 0 Å². The van der Waals surface area contributed by atoms with E-state index in [4.69, 9.17) is 21.3 Å². The summed E-state index contributed by atoms with van der Waals surface area (Å²) in [5, 5.41) is 9.74. The Morgan fingerprint density at radius 1 is 1.31 bits per heavy atom. The fourth-order valence-electron chi connectivity index (χ4n) is 1.38. The molecule has 0 amide bonds. The molecule has 0 aromatic heterocycles. The minimum absolute atomic E-state index is 0.354. The summed E-state index contributed by atoms with van der Waals surface area (Å²) in [7, 11) is -1.65. The second-order valence-electron chi connectivity index (χ2n) is 4.68. The molecular formula is C12H16ClNOSi. The molecule has 0 radical (unpaired) electrons. The van der Waals surface area contributed by atoms with Crippen LogP contribution in [-0.4, -0.2) is 14.4 Å². The molecule has 0 bridgehead atoms. The minimum atomic E-state index is -1.65. The maximum Gasteiger partial charge on any atom is 0.185 e. The number of halogens is 1. The second-order valence-corrected chi connectivity index (χ2v) is 9.58. The molecule has 0 saturated carbocycles. The van der Waals surface area contributed by atoms with Gasteiger partial charge in [-0.25, -0.2) is 0 Å². The van der Waals surface area contributed by atoms with E-state index in [1.807, 2.05) is 24.3 Å². The lowest BCUT2D eigenvalue weighted by Gasteiger charge is -2.21. The van der Waals surface area contributed by atoms with Gasteiger partial charge in [0.1, 0.15) is 6.10 Å². The molecule has 1 aromatic rings. The number of rotatable bonds is 4. The molecule has 1 aromatic carbocycles. The Hall–Kier alpha value is -0.823. The highest BCUT2D eigenvalue weighted by Gasteiger charge is 2.20. The van der Waals surface area contributed by atoms with E-state index in [0.29, 0.717) is 11.4 Å². The van der Waals surface area contributed by atoms with Gasteiger partial charge in [0.2, 0.25) is 0 Å². The van der Waals surface area contributed by atoms with Gasteiger partial charge in [-0.1, -0.05) is 23.7 Å². The van der Waals surface area contributed by atoms with E-state index in [2.05, 4.69) is 25.7 Å². The van der Waals surface area contributed by atoms with E-state index in [-0.39, 0.29) is 6.10 Å². The second kappa shape index (κ2) is 5.49. The first-order chi connectivity index (χ1) is 7.40. The lowest BCUT2D eigenvalue weighted by Crippen LogP contribution is -2.32. The van der Waals surface area contributed by atoms with Crippen LogP contribution in [-0.2, 0) is 10.8 Å². The molecule has 0 unspecified atom stereocenters. The van der Waals surface area contributed by atoms with Crippen LogP contribution in [0.15, 0.2) is 24.3 Å². The largest absolute Gasteiger partial charge is 0.402 e. The van der Waals surface area contributed by atoms with Gasteiger partial charge in [-0.15, -0.1) is 0 Å². The van der Waals surface area contributed by atoms with Crippen molar-refractivity contribution in [2.75, 3.05) is 0 Å². The lowest BCUT2D eigenvalue weighted by atomic mass is 10.1. The molecule has 1 atom stereocenters. The first kappa shape index (κ1) is 13.2. The Kier molecular flexibility index (Phi) is 4.54. The maximum atomic E-state index is 9.03. The van der Waals surface area contributed by atoms with E-state index in [9.17, 15) is 0 Å². The van der Waals surface area contributed by atoms with E-state index in [1.165, 1.54) is 0 Å². The van der Waals surface area contributed by atoms with E-state index >= 15 is 0 Å². The van der Waals surface area contributed by atoms with Crippen molar-refractivity contribution in [1.82, 2.24) is 0 Å². The Bertz CT molecular complexity index is 377. The monoisotopic (exact) mass is 253 g/mol. The SMILES string of the molecule is C[Si](C)(C)O[C@@H](C#N)Cc1ccc(Cl)cc1. The third-order valence-electron chi connectivity index (χ3n) is 1.97. The van der Waals surface area contributed by atoms with Crippen molar-refractivity contribution >= 4 is 19.9 Å². The van der Waals surface area contributed by atoms with E-state index in [0.717, 1.165) is 5.56 Å². The zero-order valence-electron chi connectivity index (χ0n) is 9.83. The lowest BCUT2D eigenvalue weighted by molar-refractivity contribution is 0.249. The summed E-state index contributed by atoms with van der Waals surface area (Å²) in [6.45, 7) is 6.25. The Morgan fingerprint density at radius 3 is 2.31 bits per heavy atom. The molecule has 0 saturated heterocycles. The average molecular weight is 254 g/mol. The smallest absolute Gasteiger partial charge is 0.185 e. The molecule has 2 nitrogen and oxygen atoms in total. The van der Waals surface area contributed by atoms with Gasteiger partial charge in [0.25, 0.3) is 0 Å². The molecule has 86 valence electrons. The summed E-state index contributed by atoms with van der Waals surface area (Å²) in [5.74, 6) is 0. The van der Waals surface area contributed by atoms with Crippen molar-refractivity contribution in [2.45, 2.75) is 32.2 Å². The first-order valence-corrected chi connectivity index (χ1v) is 9.01. The van der Waals surface area contributed by atoms with Crippen LogP contribution in [0.5, 0.6) is 0 Å². The predicted molar refractivity (Wildman–Crippen MR) is 69.0 cm³/mol. The minimum Gasteiger partial charge on any atom is -0.402 e. The zero-order valence-corrected chi connectivity index (χ0v) is 11.6. The predicted octanol–water partition coefficient (Wildman–Crippen LogP) is 3.63. The van der Waals surface area contributed by atoms with Crippen molar-refractivity contribution < 1.29 is 4.43 Å². The molecule has 0 spiro atoms. The van der Waals surface area contributed by atoms with Crippen LogP contribution in [0.4, 0.5) is 0 Å². The molecular weight excluding hydrogens is 238 g/mol. The maximum absolute atomic E-state index is 9.03. The molecule has 16 heavy (non-hydrogen) atoms. The third-order valence-corrected chi connectivity index (χ3v) is 3.22. The number of nitriles is 1. The molecule has 0 N–H and O–H groups in total. The summed E-state index contributed by atoms with van der Waals surface area (Å²) in [5.41, 5.74) is 1.08. The normalized spacial score (nSPS) is 13.2. The van der Waals surface area contributed by atoms with Gasteiger partial charge in [-0.3, -0.25) is 0 Å². The van der Waals surface area contributed by atoms with Crippen molar-refractivity contribution in [3.05, 3.63) is 34.9 Å². The summed E-state index contributed by atoms with van der Waals surface area (Å²) in [4.78, 5) is 0. The number of hydrogen-bond donors (Lipinski definition) is 0. The zero-order chi connectivity index (χ0) is 12.2. The van der Waals surface area contributed by atoms with Crippen molar-refractivity contribution in [3.63, 3.8) is 0 Å². The Labute approximate surface area is 103 Å². The van der Waals surface area contributed by atoms with Crippen LogP contribution in [0.3, 0.4) is 0 Å². The highest BCUT2D eigenvalue weighted by Crippen LogP contribution is 2.14. The molecule has 0 aliphatic carbocycles. The van der Waals surface area contributed by atoms with Crippen molar-refractivity contribution in [3.8, 4) is 6.07 Å². The molecule has 0 heterocycles. The molecule has 1 rings (SSSR count). The van der Waals surface area contributed by atoms with Gasteiger partial charge in [-0.05, 0) is 37.3 Å². The van der Waals surface area contributed by atoms with Crippen LogP contribution >= 0.6 is 11.6 Å². The van der Waals surface area contributed by atoms with Crippen LogP contribution in [0.1, 0.15) is 5.56 Å². The standard InChI is InChI=1S/C12H16ClNOSi/c1-16(2,3)15-12(9-14)8-10-4-6-11(13)7-5-10/h4-7,12H,8H2,1-3H3/t12-/m1/s1. The summed E-state index contributed by atoms with van der Waals surface area (Å²) < 4.78 is 5.77. The highest BCUT2D eigenvalue weighted by atomic mass is 35.5. The third kappa shape index (κ3) is 4.80. The van der Waals surface area contributed by atoms with Crippen LogP contribution in [0.2, 0.25) is 24.7 Å². The van der Waals surface area contributed by atoms with Gasteiger partial charge >= 0.3 is 0 Å². The number of hydrogen-bond acceptors (Lipinski definition) is 2. The van der Waals surface area contributed by atoms with Crippen LogP contribution in [0, 0.1) is 11.3 Å². The summed E-state index contributed by atoms with van der Waals surface area (Å²) in [6, 6.07) is 9.73.